The van der Waals surface area contributed by atoms with Gasteiger partial charge in [0.2, 0.25) is 0 Å². The molecule has 6 nitrogen and oxygen atoms in total. The quantitative estimate of drug-likeness (QED) is 0.343. The van der Waals surface area contributed by atoms with Crippen molar-refractivity contribution in [1.29, 1.82) is 0 Å². The van der Waals surface area contributed by atoms with Crippen molar-refractivity contribution in [3.05, 3.63) is 46.9 Å². The van der Waals surface area contributed by atoms with E-state index in [0.29, 0.717) is 22.7 Å². The molecule has 0 N–H and O–H groups in total. The predicted octanol–water partition coefficient (Wildman–Crippen LogP) is 3.86. The third kappa shape index (κ3) is 4.14. The summed E-state index contributed by atoms with van der Waals surface area (Å²) in [4.78, 5) is 30.0. The first-order chi connectivity index (χ1) is 13.4. The minimum atomic E-state index is -0.311. The first kappa shape index (κ1) is 20.2. The van der Waals surface area contributed by atoms with Crippen molar-refractivity contribution in [2.45, 2.75) is 45.0 Å². The summed E-state index contributed by atoms with van der Waals surface area (Å²) in [6.45, 7) is 6.19. The van der Waals surface area contributed by atoms with Gasteiger partial charge in [-0.25, -0.2) is 4.98 Å². The molecular weight excluding hydrogens is 374 g/mol. The Bertz CT molecular complexity index is 1040. The molecule has 0 aliphatic heterocycles. The second-order valence-corrected chi connectivity index (χ2v) is 7.84. The minimum absolute atomic E-state index is 0.0868. The Morgan fingerprint density at radius 1 is 1.25 bits per heavy atom. The van der Waals surface area contributed by atoms with Crippen LogP contribution >= 0.6 is 11.8 Å². The number of carbonyl (C=O) groups excluding carboxylic acids is 1. The van der Waals surface area contributed by atoms with Crippen LogP contribution in [0, 0.1) is 0 Å². The first-order valence-corrected chi connectivity index (χ1v) is 10.4. The maximum absolute atomic E-state index is 13.2. The molecule has 0 saturated carbocycles. The van der Waals surface area contributed by atoms with Gasteiger partial charge in [-0.1, -0.05) is 49.0 Å². The monoisotopic (exact) mass is 399 g/mol. The topological polar surface area (TPSA) is 66.1 Å². The number of aryl methyl sites for hydroxylation is 1. The number of nitrogens with zero attached hydrogens (tertiary/aromatic N) is 3. The van der Waals surface area contributed by atoms with Crippen LogP contribution < -0.4 is 5.56 Å². The van der Waals surface area contributed by atoms with E-state index in [2.05, 4.69) is 0 Å². The molecule has 2 aromatic heterocycles. The van der Waals surface area contributed by atoms with E-state index in [1.54, 1.807) is 4.57 Å². The van der Waals surface area contributed by atoms with Gasteiger partial charge in [-0.3, -0.25) is 14.2 Å². The van der Waals surface area contributed by atoms with Gasteiger partial charge in [0, 0.05) is 25.4 Å². The lowest BCUT2D eigenvalue weighted by Crippen LogP contribution is -2.25. The number of benzene rings is 1. The SMILES string of the molecule is CCCn1c(SCC(=O)OC(C)C)nc2c(-c3ccccc3)cn(C)c2c1=O. The molecule has 2 heterocycles. The fraction of sp³-hybridized carbons (Fsp3) is 0.381. The number of ether oxygens (including phenoxy) is 1. The first-order valence-electron chi connectivity index (χ1n) is 9.40. The lowest BCUT2D eigenvalue weighted by molar-refractivity contribution is -0.144. The van der Waals surface area contributed by atoms with Gasteiger partial charge in [0.15, 0.2) is 5.16 Å². The minimum Gasteiger partial charge on any atom is -0.462 e. The molecule has 0 atom stereocenters. The molecule has 0 saturated heterocycles. The summed E-state index contributed by atoms with van der Waals surface area (Å²) in [6, 6.07) is 9.88. The van der Waals surface area contributed by atoms with Crippen molar-refractivity contribution in [3.63, 3.8) is 0 Å². The highest BCUT2D eigenvalue weighted by molar-refractivity contribution is 7.99. The van der Waals surface area contributed by atoms with E-state index < -0.39 is 0 Å². The lowest BCUT2D eigenvalue weighted by atomic mass is 10.1. The average molecular weight is 400 g/mol. The van der Waals surface area contributed by atoms with Crippen LogP contribution in [-0.2, 0) is 23.1 Å². The van der Waals surface area contributed by atoms with Crippen molar-refractivity contribution >= 4 is 28.8 Å². The van der Waals surface area contributed by atoms with Gasteiger partial charge in [0.05, 0.1) is 11.9 Å². The summed E-state index contributed by atoms with van der Waals surface area (Å²) in [7, 11) is 1.86. The van der Waals surface area contributed by atoms with Gasteiger partial charge in [0.25, 0.3) is 5.56 Å². The average Bonchev–Trinajstić information content (AvgIpc) is 2.99. The highest BCUT2D eigenvalue weighted by atomic mass is 32.2. The van der Waals surface area contributed by atoms with Gasteiger partial charge < -0.3 is 9.30 Å². The van der Waals surface area contributed by atoms with Crippen LogP contribution in [0.1, 0.15) is 27.2 Å². The van der Waals surface area contributed by atoms with Crippen molar-refractivity contribution < 1.29 is 9.53 Å². The van der Waals surface area contributed by atoms with E-state index in [4.69, 9.17) is 9.72 Å². The number of rotatable bonds is 7. The molecule has 0 unspecified atom stereocenters. The molecule has 0 aliphatic rings. The number of aromatic nitrogens is 3. The van der Waals surface area contributed by atoms with E-state index >= 15 is 0 Å². The fourth-order valence-electron chi connectivity index (χ4n) is 3.13. The second-order valence-electron chi connectivity index (χ2n) is 6.90. The normalized spacial score (nSPS) is 11.3. The van der Waals surface area contributed by atoms with E-state index in [0.717, 1.165) is 17.5 Å². The number of carbonyl (C=O) groups is 1. The van der Waals surface area contributed by atoms with Crippen LogP contribution in [0.15, 0.2) is 46.5 Å². The zero-order chi connectivity index (χ0) is 20.3. The summed E-state index contributed by atoms with van der Waals surface area (Å²) >= 11 is 1.25. The fourth-order valence-corrected chi connectivity index (χ4v) is 3.93. The van der Waals surface area contributed by atoms with Gasteiger partial charge in [0.1, 0.15) is 11.0 Å². The van der Waals surface area contributed by atoms with Gasteiger partial charge in [-0.2, -0.15) is 0 Å². The molecule has 0 fully saturated rings. The van der Waals surface area contributed by atoms with Crippen LogP contribution in [0.3, 0.4) is 0 Å². The Morgan fingerprint density at radius 2 is 1.96 bits per heavy atom. The van der Waals surface area contributed by atoms with Gasteiger partial charge in [-0.15, -0.1) is 0 Å². The largest absolute Gasteiger partial charge is 0.462 e. The third-order valence-electron chi connectivity index (χ3n) is 4.26. The number of thioether (sulfide) groups is 1. The number of fused-ring (bicyclic) bond motifs is 1. The molecule has 0 bridgehead atoms. The Hall–Kier alpha value is -2.54. The van der Waals surface area contributed by atoms with Crippen molar-refractivity contribution in [2.24, 2.45) is 7.05 Å². The molecule has 0 spiro atoms. The highest BCUT2D eigenvalue weighted by Crippen LogP contribution is 2.29. The van der Waals surface area contributed by atoms with Gasteiger partial charge in [-0.05, 0) is 25.8 Å². The van der Waals surface area contributed by atoms with Gasteiger partial charge >= 0.3 is 5.97 Å². The molecule has 3 rings (SSSR count). The molecule has 3 aromatic rings. The second kappa shape index (κ2) is 8.65. The summed E-state index contributed by atoms with van der Waals surface area (Å²) in [6.07, 6.45) is 2.57. The molecule has 1 aromatic carbocycles. The van der Waals surface area contributed by atoms with Crippen molar-refractivity contribution in [2.75, 3.05) is 5.75 Å². The Morgan fingerprint density at radius 3 is 2.61 bits per heavy atom. The van der Waals surface area contributed by atoms with Crippen LogP contribution in [0.5, 0.6) is 0 Å². The molecule has 0 amide bonds. The van der Waals surface area contributed by atoms with E-state index in [-0.39, 0.29) is 23.4 Å². The third-order valence-corrected chi connectivity index (χ3v) is 5.21. The molecule has 0 radical (unpaired) electrons. The van der Waals surface area contributed by atoms with Crippen molar-refractivity contribution in [1.82, 2.24) is 14.1 Å². The Kier molecular flexibility index (Phi) is 6.24. The predicted molar refractivity (Wildman–Crippen MR) is 113 cm³/mol. The van der Waals surface area contributed by atoms with E-state index in [9.17, 15) is 9.59 Å². The van der Waals surface area contributed by atoms with Crippen LogP contribution in [0.2, 0.25) is 0 Å². The zero-order valence-electron chi connectivity index (χ0n) is 16.6. The summed E-state index contributed by atoms with van der Waals surface area (Å²) in [5, 5.41) is 0.545. The maximum atomic E-state index is 13.2. The maximum Gasteiger partial charge on any atom is 0.316 e. The number of hydrogen-bond acceptors (Lipinski definition) is 5. The van der Waals surface area contributed by atoms with Crippen LogP contribution in [-0.4, -0.2) is 31.9 Å². The lowest BCUT2D eigenvalue weighted by Gasteiger charge is -2.12. The Labute approximate surface area is 168 Å². The molecule has 0 aliphatic carbocycles. The highest BCUT2D eigenvalue weighted by Gasteiger charge is 2.19. The molecule has 148 valence electrons. The summed E-state index contributed by atoms with van der Waals surface area (Å²) in [5.41, 5.74) is 3.05. The van der Waals surface area contributed by atoms with E-state index in [1.807, 2.05) is 68.9 Å². The smallest absolute Gasteiger partial charge is 0.316 e. The molecular formula is C21H25N3O3S. The van der Waals surface area contributed by atoms with Crippen LogP contribution in [0.25, 0.3) is 22.2 Å². The molecule has 28 heavy (non-hydrogen) atoms. The molecule has 7 heteroatoms. The number of esters is 1. The Balaban J connectivity index is 2.10. The standard InChI is InChI=1S/C21H25N3O3S/c1-5-11-24-20(26)19-18(22-21(24)28-13-17(25)27-14(2)3)16(12-23(19)4)15-9-7-6-8-10-15/h6-10,12,14H,5,11,13H2,1-4H3. The van der Waals surface area contributed by atoms with E-state index in [1.165, 1.54) is 11.8 Å². The van der Waals surface area contributed by atoms with Crippen LogP contribution in [0.4, 0.5) is 0 Å². The summed E-state index contributed by atoms with van der Waals surface area (Å²) in [5.74, 6) is -0.193. The number of hydrogen-bond donors (Lipinski definition) is 0. The van der Waals surface area contributed by atoms with Crippen molar-refractivity contribution in [3.8, 4) is 11.1 Å². The summed E-state index contributed by atoms with van der Waals surface area (Å²) < 4.78 is 8.70. The zero-order valence-corrected chi connectivity index (χ0v) is 17.5.